The van der Waals surface area contributed by atoms with Crippen molar-refractivity contribution in [2.24, 2.45) is 5.92 Å². The summed E-state index contributed by atoms with van der Waals surface area (Å²) in [4.78, 5) is 15.4. The van der Waals surface area contributed by atoms with Gasteiger partial charge in [0.2, 0.25) is 0 Å². The van der Waals surface area contributed by atoms with Crippen molar-refractivity contribution in [3.63, 3.8) is 0 Å². The van der Waals surface area contributed by atoms with E-state index in [0.29, 0.717) is 35.2 Å². The van der Waals surface area contributed by atoms with E-state index in [9.17, 15) is 10.1 Å². The second-order valence-electron chi connectivity index (χ2n) is 8.45. The molecule has 2 heterocycles. The highest BCUT2D eigenvalue weighted by molar-refractivity contribution is 5.81. The number of para-hydroxylation sites is 2. The number of rotatable bonds is 3. The van der Waals surface area contributed by atoms with Crippen molar-refractivity contribution in [2.45, 2.75) is 44.6 Å². The number of ether oxygens (including phenoxy) is 1. The SMILES string of the molecule is N#Cc1c(-c2ccccc2Oc2ccccc2)nnn1C(=O)N1CCCC2CCCCC21. The summed E-state index contributed by atoms with van der Waals surface area (Å²) >= 11 is 0. The minimum absolute atomic E-state index is 0.136. The predicted molar refractivity (Wildman–Crippen MR) is 119 cm³/mol. The molecule has 1 amide bonds. The van der Waals surface area contributed by atoms with Crippen molar-refractivity contribution in [3.8, 4) is 28.8 Å². The highest BCUT2D eigenvalue weighted by Crippen LogP contribution is 2.37. The molecule has 0 bridgehead atoms. The average Bonchev–Trinajstić information content (AvgIpc) is 3.28. The predicted octanol–water partition coefficient (Wildman–Crippen LogP) is 5.23. The fourth-order valence-electron chi connectivity index (χ4n) is 5.05. The summed E-state index contributed by atoms with van der Waals surface area (Å²) in [5.74, 6) is 1.79. The van der Waals surface area contributed by atoms with E-state index in [4.69, 9.17) is 4.74 Å². The molecule has 0 N–H and O–H groups in total. The van der Waals surface area contributed by atoms with Gasteiger partial charge in [-0.15, -0.1) is 5.10 Å². The number of fused-ring (bicyclic) bond motifs is 1. The summed E-state index contributed by atoms with van der Waals surface area (Å²) in [5.41, 5.74) is 1.11. The largest absolute Gasteiger partial charge is 0.457 e. The molecular formula is C25H25N5O2. The summed E-state index contributed by atoms with van der Waals surface area (Å²) in [6.07, 6.45) is 6.73. The van der Waals surface area contributed by atoms with Crippen molar-refractivity contribution in [1.29, 1.82) is 5.26 Å². The van der Waals surface area contributed by atoms with Gasteiger partial charge in [-0.05, 0) is 55.9 Å². The Morgan fingerprint density at radius 3 is 2.59 bits per heavy atom. The fraction of sp³-hybridized carbons (Fsp3) is 0.360. The first-order valence-corrected chi connectivity index (χ1v) is 11.3. The Labute approximate surface area is 187 Å². The number of carbonyl (C=O) groups excluding carboxylic acids is 1. The van der Waals surface area contributed by atoms with Crippen LogP contribution in [0.2, 0.25) is 0 Å². The number of benzene rings is 2. The molecule has 1 saturated carbocycles. The Morgan fingerprint density at radius 1 is 1.00 bits per heavy atom. The Kier molecular flexibility index (Phi) is 5.59. The molecule has 7 heteroatoms. The van der Waals surface area contributed by atoms with Gasteiger partial charge in [-0.2, -0.15) is 9.94 Å². The van der Waals surface area contributed by atoms with Crippen LogP contribution in [-0.2, 0) is 0 Å². The van der Waals surface area contributed by atoms with E-state index in [-0.39, 0.29) is 17.8 Å². The molecule has 1 aromatic heterocycles. The Morgan fingerprint density at radius 2 is 1.75 bits per heavy atom. The van der Waals surface area contributed by atoms with Crippen LogP contribution in [0, 0.1) is 17.2 Å². The minimum atomic E-state index is -0.252. The Bertz CT molecular complexity index is 1150. The van der Waals surface area contributed by atoms with Gasteiger partial charge >= 0.3 is 6.03 Å². The topological polar surface area (TPSA) is 84.0 Å². The monoisotopic (exact) mass is 427 g/mol. The van der Waals surface area contributed by atoms with Crippen molar-refractivity contribution < 1.29 is 9.53 Å². The number of nitrogens with zero attached hydrogens (tertiary/aromatic N) is 5. The van der Waals surface area contributed by atoms with Crippen LogP contribution in [0.5, 0.6) is 11.5 Å². The first-order valence-electron chi connectivity index (χ1n) is 11.3. The first kappa shape index (κ1) is 20.3. The first-order chi connectivity index (χ1) is 15.8. The molecular weight excluding hydrogens is 402 g/mol. The van der Waals surface area contributed by atoms with Gasteiger partial charge in [0.05, 0.1) is 0 Å². The highest BCUT2D eigenvalue weighted by atomic mass is 16.5. The number of hydrogen-bond acceptors (Lipinski definition) is 5. The molecule has 1 aliphatic heterocycles. The normalized spacial score (nSPS) is 20.3. The zero-order valence-corrected chi connectivity index (χ0v) is 17.9. The quantitative estimate of drug-likeness (QED) is 0.571. The third-order valence-corrected chi connectivity index (χ3v) is 6.56. The van der Waals surface area contributed by atoms with Crippen molar-refractivity contribution in [3.05, 3.63) is 60.3 Å². The van der Waals surface area contributed by atoms with Crippen LogP contribution in [0.3, 0.4) is 0 Å². The summed E-state index contributed by atoms with van der Waals surface area (Å²) in [5, 5.41) is 18.3. The Balaban J connectivity index is 1.48. The number of hydrogen-bond donors (Lipinski definition) is 0. The molecule has 0 spiro atoms. The lowest BCUT2D eigenvalue weighted by Crippen LogP contribution is -2.51. The van der Waals surface area contributed by atoms with Crippen LogP contribution in [0.4, 0.5) is 4.79 Å². The number of likely N-dealkylation sites (tertiary alicyclic amines) is 1. The third kappa shape index (κ3) is 3.73. The average molecular weight is 428 g/mol. The van der Waals surface area contributed by atoms with Gasteiger partial charge in [0.25, 0.3) is 0 Å². The minimum Gasteiger partial charge on any atom is -0.457 e. The van der Waals surface area contributed by atoms with Gasteiger partial charge in [0.15, 0.2) is 5.69 Å². The van der Waals surface area contributed by atoms with Crippen LogP contribution in [-0.4, -0.2) is 38.5 Å². The molecule has 3 aromatic rings. The maximum atomic E-state index is 13.5. The van der Waals surface area contributed by atoms with E-state index in [2.05, 4.69) is 16.4 Å². The van der Waals surface area contributed by atoms with Gasteiger partial charge in [0.1, 0.15) is 23.3 Å². The van der Waals surface area contributed by atoms with Crippen LogP contribution in [0.25, 0.3) is 11.3 Å². The number of nitriles is 1. The summed E-state index contributed by atoms with van der Waals surface area (Å²) in [6.45, 7) is 0.702. The molecule has 0 radical (unpaired) electrons. The molecule has 2 unspecified atom stereocenters. The lowest BCUT2D eigenvalue weighted by molar-refractivity contribution is 0.0831. The molecule has 2 fully saturated rings. The fourth-order valence-corrected chi connectivity index (χ4v) is 5.05. The molecule has 2 aromatic carbocycles. The lowest BCUT2D eigenvalue weighted by atomic mass is 9.78. The molecule has 7 nitrogen and oxygen atoms in total. The standard InChI is InChI=1S/C25H25N5O2/c26-17-22-24(20-13-5-7-15-23(20)32-19-11-2-1-3-12-19)27-28-30(22)25(31)29-16-8-10-18-9-4-6-14-21(18)29/h1-3,5,7,11-13,15,18,21H,4,6,8-10,14,16H2. The molecule has 2 atom stereocenters. The second-order valence-corrected chi connectivity index (χ2v) is 8.45. The van der Waals surface area contributed by atoms with Crippen LogP contribution in [0.1, 0.15) is 44.2 Å². The van der Waals surface area contributed by atoms with E-state index in [1.165, 1.54) is 23.9 Å². The van der Waals surface area contributed by atoms with E-state index >= 15 is 0 Å². The van der Waals surface area contributed by atoms with E-state index in [0.717, 1.165) is 19.3 Å². The van der Waals surface area contributed by atoms with Crippen molar-refractivity contribution in [1.82, 2.24) is 19.9 Å². The second kappa shape index (κ2) is 8.83. The molecule has 1 saturated heterocycles. The summed E-state index contributed by atoms with van der Waals surface area (Å²) < 4.78 is 7.21. The van der Waals surface area contributed by atoms with Gasteiger partial charge in [0, 0.05) is 18.2 Å². The zero-order chi connectivity index (χ0) is 21.9. The van der Waals surface area contributed by atoms with Gasteiger partial charge in [-0.3, -0.25) is 0 Å². The zero-order valence-electron chi connectivity index (χ0n) is 17.9. The van der Waals surface area contributed by atoms with Crippen molar-refractivity contribution in [2.75, 3.05) is 6.54 Å². The lowest BCUT2D eigenvalue weighted by Gasteiger charge is -2.43. The number of carbonyl (C=O) groups is 1. The molecule has 162 valence electrons. The molecule has 5 rings (SSSR count). The van der Waals surface area contributed by atoms with E-state index in [1.54, 1.807) is 0 Å². The summed E-state index contributed by atoms with van der Waals surface area (Å²) in [6, 6.07) is 18.9. The Hall–Kier alpha value is -3.66. The number of amides is 1. The maximum absolute atomic E-state index is 13.5. The third-order valence-electron chi connectivity index (χ3n) is 6.56. The molecule has 32 heavy (non-hydrogen) atoms. The highest BCUT2D eigenvalue weighted by Gasteiger charge is 2.37. The number of aromatic nitrogens is 3. The maximum Gasteiger partial charge on any atom is 0.347 e. The molecule has 2 aliphatic rings. The van der Waals surface area contributed by atoms with Gasteiger partial charge in [-0.1, -0.05) is 48.4 Å². The smallest absolute Gasteiger partial charge is 0.347 e. The van der Waals surface area contributed by atoms with Crippen LogP contribution >= 0.6 is 0 Å². The van der Waals surface area contributed by atoms with Gasteiger partial charge < -0.3 is 9.64 Å². The van der Waals surface area contributed by atoms with Crippen molar-refractivity contribution >= 4 is 6.03 Å². The van der Waals surface area contributed by atoms with E-state index in [1.807, 2.05) is 59.5 Å². The van der Waals surface area contributed by atoms with Gasteiger partial charge in [-0.25, -0.2) is 4.79 Å². The molecule has 1 aliphatic carbocycles. The van der Waals surface area contributed by atoms with Crippen LogP contribution < -0.4 is 4.74 Å². The van der Waals surface area contributed by atoms with E-state index < -0.39 is 0 Å². The van der Waals surface area contributed by atoms with Crippen LogP contribution in [0.15, 0.2) is 54.6 Å². The summed E-state index contributed by atoms with van der Waals surface area (Å²) in [7, 11) is 0. The number of piperidine rings is 1.